The Hall–Kier alpha value is -1.84. The first-order valence-electron chi connectivity index (χ1n) is 7.76. The van der Waals surface area contributed by atoms with E-state index in [0.717, 1.165) is 31.2 Å². The molecule has 1 spiro atoms. The molecule has 0 bridgehead atoms. The summed E-state index contributed by atoms with van der Waals surface area (Å²) in [6, 6.07) is 7.39. The van der Waals surface area contributed by atoms with Crippen LogP contribution in [0.15, 0.2) is 24.3 Å². The Morgan fingerprint density at radius 1 is 1.05 bits per heavy atom. The number of hydrogen-bond acceptors (Lipinski definition) is 3. The maximum absolute atomic E-state index is 12.4. The lowest BCUT2D eigenvalue weighted by molar-refractivity contribution is -0.155. The highest BCUT2D eigenvalue weighted by Crippen LogP contribution is 2.45. The molecule has 3 rings (SSSR count). The van der Waals surface area contributed by atoms with Gasteiger partial charge in [0.1, 0.15) is 0 Å². The fourth-order valence-corrected chi connectivity index (χ4v) is 3.74. The average Bonchev–Trinajstić information content (AvgIpc) is 2.44. The van der Waals surface area contributed by atoms with E-state index >= 15 is 0 Å². The Kier molecular flexibility index (Phi) is 3.70. The van der Waals surface area contributed by atoms with Gasteiger partial charge in [-0.2, -0.15) is 0 Å². The molecule has 0 atom stereocenters. The molecule has 0 radical (unpaired) electrons. The van der Waals surface area contributed by atoms with Crippen molar-refractivity contribution in [3.8, 4) is 0 Å². The third-order valence-corrected chi connectivity index (χ3v) is 4.86. The molecule has 2 amide bonds. The molecule has 2 aliphatic rings. The topological polar surface area (TPSA) is 63.4 Å². The molecule has 4 nitrogen and oxygen atoms in total. The van der Waals surface area contributed by atoms with Crippen LogP contribution in [0.2, 0.25) is 0 Å². The van der Waals surface area contributed by atoms with Crippen LogP contribution in [-0.4, -0.2) is 16.7 Å². The van der Waals surface area contributed by atoms with Crippen molar-refractivity contribution in [3.05, 3.63) is 29.8 Å². The third-order valence-electron chi connectivity index (χ3n) is 4.86. The van der Waals surface area contributed by atoms with Crippen molar-refractivity contribution in [2.45, 2.75) is 51.5 Å². The van der Waals surface area contributed by atoms with Gasteiger partial charge in [0.2, 0.25) is 11.8 Å². The lowest BCUT2D eigenvalue weighted by Gasteiger charge is -2.42. The molecule has 1 aliphatic carbocycles. The molecular formula is C17H22N2O2. The van der Waals surface area contributed by atoms with Crippen LogP contribution in [0.1, 0.15) is 50.5 Å². The van der Waals surface area contributed by atoms with Crippen molar-refractivity contribution in [2.75, 3.05) is 5.73 Å². The van der Waals surface area contributed by atoms with E-state index in [2.05, 4.69) is 0 Å². The number of likely N-dealkylation sites (tertiary alicyclic amines) is 1. The van der Waals surface area contributed by atoms with Crippen molar-refractivity contribution in [1.82, 2.24) is 4.90 Å². The Labute approximate surface area is 125 Å². The van der Waals surface area contributed by atoms with E-state index < -0.39 is 0 Å². The standard InChI is InChI=1S/C17H22N2O2/c18-14-6-4-5-13(9-14)12-19-15(20)10-17(11-16(19)21)7-2-1-3-8-17/h4-6,9H,1-3,7-8,10-12,18H2. The van der Waals surface area contributed by atoms with E-state index in [0.29, 0.717) is 25.1 Å². The molecule has 4 heteroatoms. The van der Waals surface area contributed by atoms with Crippen LogP contribution >= 0.6 is 0 Å². The van der Waals surface area contributed by atoms with E-state index in [9.17, 15) is 9.59 Å². The number of nitrogen functional groups attached to an aromatic ring is 1. The van der Waals surface area contributed by atoms with Gasteiger partial charge >= 0.3 is 0 Å². The maximum Gasteiger partial charge on any atom is 0.230 e. The molecule has 1 saturated carbocycles. The lowest BCUT2D eigenvalue weighted by Crippen LogP contribution is -2.48. The van der Waals surface area contributed by atoms with Crippen molar-refractivity contribution in [3.63, 3.8) is 0 Å². The van der Waals surface area contributed by atoms with Gasteiger partial charge in [0.15, 0.2) is 0 Å². The zero-order valence-corrected chi connectivity index (χ0v) is 12.3. The van der Waals surface area contributed by atoms with Crippen LogP contribution in [0.5, 0.6) is 0 Å². The summed E-state index contributed by atoms with van der Waals surface area (Å²) >= 11 is 0. The minimum atomic E-state index is -0.0430. The maximum atomic E-state index is 12.4. The molecule has 0 aromatic heterocycles. The van der Waals surface area contributed by atoms with Crippen LogP contribution in [0.25, 0.3) is 0 Å². The summed E-state index contributed by atoms with van der Waals surface area (Å²) in [5, 5.41) is 0. The molecule has 2 N–H and O–H groups in total. The summed E-state index contributed by atoms with van der Waals surface area (Å²) in [6.07, 6.45) is 6.64. The molecule has 1 heterocycles. The highest BCUT2D eigenvalue weighted by molar-refractivity contribution is 5.98. The van der Waals surface area contributed by atoms with E-state index in [4.69, 9.17) is 5.73 Å². The average molecular weight is 286 g/mol. The number of anilines is 1. The Balaban J connectivity index is 1.73. The lowest BCUT2D eigenvalue weighted by atomic mass is 9.67. The summed E-state index contributed by atoms with van der Waals surface area (Å²) in [5.74, 6) is -0.0360. The SMILES string of the molecule is Nc1cccc(CN2C(=O)CC3(CCCCC3)CC2=O)c1. The first kappa shape index (κ1) is 14.1. The van der Waals surface area contributed by atoms with Crippen molar-refractivity contribution < 1.29 is 9.59 Å². The molecule has 1 aromatic rings. The van der Waals surface area contributed by atoms with Crippen molar-refractivity contribution in [2.24, 2.45) is 5.41 Å². The predicted molar refractivity (Wildman–Crippen MR) is 81.2 cm³/mol. The van der Waals surface area contributed by atoms with Crippen LogP contribution in [0, 0.1) is 5.41 Å². The van der Waals surface area contributed by atoms with Gasteiger partial charge < -0.3 is 5.73 Å². The van der Waals surface area contributed by atoms with Crippen molar-refractivity contribution >= 4 is 17.5 Å². The van der Waals surface area contributed by atoms with Crippen LogP contribution in [0.4, 0.5) is 5.69 Å². The normalized spacial score (nSPS) is 21.8. The van der Waals surface area contributed by atoms with Gasteiger partial charge in [-0.1, -0.05) is 31.4 Å². The number of nitrogens with zero attached hydrogens (tertiary/aromatic N) is 1. The van der Waals surface area contributed by atoms with Gasteiger partial charge in [-0.3, -0.25) is 14.5 Å². The highest BCUT2D eigenvalue weighted by Gasteiger charge is 2.43. The van der Waals surface area contributed by atoms with E-state index in [1.54, 1.807) is 6.07 Å². The molecule has 1 saturated heterocycles. The number of imide groups is 1. The smallest absolute Gasteiger partial charge is 0.230 e. The Morgan fingerprint density at radius 3 is 2.33 bits per heavy atom. The molecule has 1 aromatic carbocycles. The number of carbonyl (C=O) groups excluding carboxylic acids is 2. The fourth-order valence-electron chi connectivity index (χ4n) is 3.74. The second kappa shape index (κ2) is 5.51. The van der Waals surface area contributed by atoms with Gasteiger partial charge in [-0.05, 0) is 36.0 Å². The monoisotopic (exact) mass is 286 g/mol. The zero-order valence-electron chi connectivity index (χ0n) is 12.3. The van der Waals surface area contributed by atoms with E-state index in [-0.39, 0.29) is 17.2 Å². The summed E-state index contributed by atoms with van der Waals surface area (Å²) in [4.78, 5) is 26.3. The molecule has 1 aliphatic heterocycles. The number of amides is 2. The second-order valence-electron chi connectivity index (χ2n) is 6.53. The molecular weight excluding hydrogens is 264 g/mol. The third kappa shape index (κ3) is 2.94. The summed E-state index contributed by atoms with van der Waals surface area (Å²) < 4.78 is 0. The molecule has 112 valence electrons. The number of nitrogens with two attached hydrogens (primary N) is 1. The quantitative estimate of drug-likeness (QED) is 0.671. The fraction of sp³-hybridized carbons (Fsp3) is 0.529. The predicted octanol–water partition coefficient (Wildman–Crippen LogP) is 2.87. The van der Waals surface area contributed by atoms with Gasteiger partial charge in [0.25, 0.3) is 0 Å². The zero-order chi connectivity index (χ0) is 14.9. The first-order chi connectivity index (χ1) is 10.1. The van der Waals surface area contributed by atoms with Gasteiger partial charge in [0, 0.05) is 18.5 Å². The number of carbonyl (C=O) groups is 2. The summed E-state index contributed by atoms with van der Waals surface area (Å²) in [7, 11) is 0. The van der Waals surface area contributed by atoms with Crippen molar-refractivity contribution in [1.29, 1.82) is 0 Å². The number of piperidine rings is 1. The van der Waals surface area contributed by atoms with Crippen LogP contribution in [0.3, 0.4) is 0 Å². The number of rotatable bonds is 2. The number of hydrogen-bond donors (Lipinski definition) is 1. The van der Waals surface area contributed by atoms with Gasteiger partial charge in [0.05, 0.1) is 6.54 Å². The molecule has 21 heavy (non-hydrogen) atoms. The van der Waals surface area contributed by atoms with Crippen LogP contribution < -0.4 is 5.73 Å². The minimum Gasteiger partial charge on any atom is -0.399 e. The first-order valence-corrected chi connectivity index (χ1v) is 7.76. The highest BCUT2D eigenvalue weighted by atomic mass is 16.2. The van der Waals surface area contributed by atoms with Gasteiger partial charge in [-0.15, -0.1) is 0 Å². The Morgan fingerprint density at radius 2 is 1.71 bits per heavy atom. The Bertz CT molecular complexity index is 542. The van der Waals surface area contributed by atoms with Gasteiger partial charge in [-0.25, -0.2) is 0 Å². The summed E-state index contributed by atoms with van der Waals surface area (Å²) in [6.45, 7) is 0.346. The van der Waals surface area contributed by atoms with E-state index in [1.807, 2.05) is 18.2 Å². The van der Waals surface area contributed by atoms with E-state index in [1.165, 1.54) is 11.3 Å². The minimum absolute atomic E-state index is 0.0180. The molecule has 2 fully saturated rings. The molecule has 0 unspecified atom stereocenters. The largest absolute Gasteiger partial charge is 0.399 e. The number of benzene rings is 1. The van der Waals surface area contributed by atoms with Crippen LogP contribution in [-0.2, 0) is 16.1 Å². The second-order valence-corrected chi connectivity index (χ2v) is 6.53. The summed E-state index contributed by atoms with van der Waals surface area (Å²) in [5.41, 5.74) is 7.29.